The first kappa shape index (κ1) is 41.7. The first-order valence-corrected chi connectivity index (χ1v) is 18.1. The van der Waals surface area contributed by atoms with Gasteiger partial charge in [-0.3, -0.25) is 0 Å². The van der Waals surface area contributed by atoms with Gasteiger partial charge in [0.25, 0.3) is 0 Å². The minimum Gasteiger partial charge on any atom is -0.507 e. The normalized spacial score (nSPS) is 13.8. The van der Waals surface area contributed by atoms with Crippen LogP contribution in [-0.4, -0.2) is 77.8 Å². The van der Waals surface area contributed by atoms with Gasteiger partial charge in [0.15, 0.2) is 0 Å². The van der Waals surface area contributed by atoms with Crippen molar-refractivity contribution in [2.24, 2.45) is 5.73 Å². The predicted molar refractivity (Wildman–Crippen MR) is 214 cm³/mol. The molecule has 1 aliphatic heterocycles. The van der Waals surface area contributed by atoms with Crippen LogP contribution in [0.3, 0.4) is 0 Å². The predicted octanol–water partition coefficient (Wildman–Crippen LogP) is 6.66. The average Bonchev–Trinajstić information content (AvgIpc) is 3.19. The fraction of sp³-hybridized carbons (Fsp3) is 0.209. The van der Waals surface area contributed by atoms with E-state index < -0.39 is 41.3 Å². The molecule has 1 aliphatic rings. The number of rotatable bonds is 12. The van der Waals surface area contributed by atoms with Gasteiger partial charge >= 0.3 is 23.9 Å². The molecule has 5 aromatic rings. The number of methoxy groups -OCH3 is 1. The van der Waals surface area contributed by atoms with E-state index in [2.05, 4.69) is 5.32 Å². The Kier molecular flexibility index (Phi) is 13.5. The molecule has 13 nitrogen and oxygen atoms in total. The van der Waals surface area contributed by atoms with Crippen LogP contribution in [-0.2, 0) is 30.2 Å². The molecular weight excluding hydrogens is 756 g/mol. The molecule has 0 aromatic heterocycles. The summed E-state index contributed by atoms with van der Waals surface area (Å²) in [6.45, 7) is 4.42. The minimum atomic E-state index is -1.28. The lowest BCUT2D eigenvalue weighted by molar-refractivity contribution is -0.139. The van der Waals surface area contributed by atoms with Crippen LogP contribution in [0.1, 0.15) is 57.2 Å². The molecule has 14 heteroatoms. The van der Waals surface area contributed by atoms with Gasteiger partial charge in [0, 0.05) is 34.8 Å². The van der Waals surface area contributed by atoms with Crippen LogP contribution in [0.15, 0.2) is 107 Å². The van der Waals surface area contributed by atoms with Crippen molar-refractivity contribution >= 4 is 57.0 Å². The second-order valence-corrected chi connectivity index (χ2v) is 13.2. The van der Waals surface area contributed by atoms with Crippen LogP contribution in [0.25, 0.3) is 21.5 Å². The third-order valence-electron chi connectivity index (χ3n) is 9.34. The molecule has 5 aromatic carbocycles. The van der Waals surface area contributed by atoms with Gasteiger partial charge in [-0.2, -0.15) is 0 Å². The number of carbonyl (C=O) groups excluding carboxylic acids is 2. The van der Waals surface area contributed by atoms with Gasteiger partial charge in [-0.1, -0.05) is 78.3 Å². The van der Waals surface area contributed by atoms with Crippen molar-refractivity contribution in [3.05, 3.63) is 140 Å². The summed E-state index contributed by atoms with van der Waals surface area (Å²) in [5.41, 5.74) is 7.81. The van der Waals surface area contributed by atoms with E-state index in [0.29, 0.717) is 73.4 Å². The summed E-state index contributed by atoms with van der Waals surface area (Å²) in [4.78, 5) is 48.7. The van der Waals surface area contributed by atoms with Crippen molar-refractivity contribution in [1.29, 1.82) is 0 Å². The maximum Gasteiger partial charge on any atom is 0.339 e. The fourth-order valence-electron chi connectivity index (χ4n) is 6.80. The number of nitrogens with one attached hydrogen (secondary N) is 1. The molecule has 0 bridgehead atoms. The number of esters is 2. The summed E-state index contributed by atoms with van der Waals surface area (Å²) < 4.78 is 15.8. The Morgan fingerprint density at radius 1 is 0.789 bits per heavy atom. The van der Waals surface area contributed by atoms with Crippen LogP contribution in [0.5, 0.6) is 11.5 Å². The highest BCUT2D eigenvalue weighted by Crippen LogP contribution is 2.42. The number of carbonyl (C=O) groups is 4. The number of dihydropyridines is 1. The standard InChI is InChI=1S/C23H16O6.C20H25ClN2O5/c24-20-16(14-7-3-1-5-12(14)9-18(20)22(26)27)11-17-15-8-4-2-6-13(15)10-19(21(17)25)23(28)29;1-4-28-20(25)18-15(11-27-10-9-22)23-12(2)16(19(24)26-3)17(18)13-7-5-6-8-14(13)21/h1-10,24-25H,11H2,(H,26,27)(H,28,29);5-8,17,23H,4,9-11,22H2,1-3H3. The Bertz CT molecular complexity index is 2340. The Morgan fingerprint density at radius 2 is 1.32 bits per heavy atom. The van der Waals surface area contributed by atoms with E-state index >= 15 is 0 Å². The van der Waals surface area contributed by atoms with Gasteiger partial charge in [-0.25, -0.2) is 19.2 Å². The lowest BCUT2D eigenvalue weighted by Crippen LogP contribution is -2.35. The third-order valence-corrected chi connectivity index (χ3v) is 9.68. The van der Waals surface area contributed by atoms with Gasteiger partial charge in [-0.15, -0.1) is 0 Å². The first-order valence-electron chi connectivity index (χ1n) is 17.8. The average molecular weight is 797 g/mol. The summed E-state index contributed by atoms with van der Waals surface area (Å²) in [7, 11) is 1.29. The number of ether oxygens (including phenoxy) is 3. The molecule has 1 heterocycles. The van der Waals surface area contributed by atoms with E-state index in [1.807, 2.05) is 0 Å². The summed E-state index contributed by atoms with van der Waals surface area (Å²) in [5.74, 6) is -5.22. The summed E-state index contributed by atoms with van der Waals surface area (Å²) in [6, 6.07) is 23.8. The third kappa shape index (κ3) is 8.86. The molecule has 0 spiro atoms. The summed E-state index contributed by atoms with van der Waals surface area (Å²) in [5, 5.41) is 46.3. The SMILES string of the molecule is CCOC(=O)C1=C(COCCN)NC(C)=C(C(=O)OC)C1c1ccccc1Cl.O=C(O)c1cc2ccccc2c(Cc2c(O)c(C(=O)O)cc3ccccc23)c1O. The number of fused-ring (bicyclic) bond motifs is 2. The number of benzene rings is 5. The number of halogens is 1. The fourth-order valence-corrected chi connectivity index (χ4v) is 7.05. The molecule has 57 heavy (non-hydrogen) atoms. The smallest absolute Gasteiger partial charge is 0.339 e. The topological polar surface area (TPSA) is 215 Å². The van der Waals surface area contributed by atoms with Crippen molar-refractivity contribution in [1.82, 2.24) is 5.32 Å². The van der Waals surface area contributed by atoms with Gasteiger partial charge in [0.2, 0.25) is 0 Å². The highest BCUT2D eigenvalue weighted by atomic mass is 35.5. The highest BCUT2D eigenvalue weighted by molar-refractivity contribution is 6.31. The van der Waals surface area contributed by atoms with Gasteiger partial charge < -0.3 is 45.7 Å². The molecule has 296 valence electrons. The zero-order chi connectivity index (χ0) is 41.4. The van der Waals surface area contributed by atoms with E-state index in [1.165, 1.54) is 19.2 Å². The van der Waals surface area contributed by atoms with Crippen molar-refractivity contribution < 1.29 is 53.8 Å². The molecule has 1 atom stereocenters. The number of hydrogen-bond donors (Lipinski definition) is 6. The molecule has 0 radical (unpaired) electrons. The number of allylic oxidation sites excluding steroid dienone is 1. The zero-order valence-corrected chi connectivity index (χ0v) is 32.1. The van der Waals surface area contributed by atoms with Gasteiger partial charge in [0.05, 0.1) is 49.7 Å². The summed E-state index contributed by atoms with van der Waals surface area (Å²) >= 11 is 6.42. The maximum absolute atomic E-state index is 12.9. The Labute approximate surface area is 332 Å². The van der Waals surface area contributed by atoms with E-state index in [-0.39, 0.29) is 36.3 Å². The van der Waals surface area contributed by atoms with E-state index in [9.17, 15) is 39.6 Å². The van der Waals surface area contributed by atoms with Crippen LogP contribution in [0, 0.1) is 0 Å². The molecule has 0 saturated heterocycles. The Hall–Kier alpha value is -6.41. The molecule has 7 N–H and O–H groups in total. The van der Waals surface area contributed by atoms with Crippen molar-refractivity contribution in [3.8, 4) is 11.5 Å². The largest absolute Gasteiger partial charge is 0.507 e. The van der Waals surface area contributed by atoms with E-state index in [4.69, 9.17) is 31.5 Å². The lowest BCUT2D eigenvalue weighted by atomic mass is 9.80. The number of carboxylic acids is 2. The number of hydrogen-bond acceptors (Lipinski definition) is 11. The minimum absolute atomic E-state index is 0.0407. The molecular formula is C43H41ClN2O11. The Morgan fingerprint density at radius 3 is 1.81 bits per heavy atom. The second-order valence-electron chi connectivity index (χ2n) is 12.8. The molecule has 0 fully saturated rings. The number of phenols is 2. The Balaban J connectivity index is 0.000000218. The molecule has 1 unspecified atom stereocenters. The highest BCUT2D eigenvalue weighted by Gasteiger charge is 2.39. The lowest BCUT2D eigenvalue weighted by Gasteiger charge is -2.31. The monoisotopic (exact) mass is 796 g/mol. The molecule has 6 rings (SSSR count). The van der Waals surface area contributed by atoms with E-state index in [0.717, 1.165) is 0 Å². The van der Waals surface area contributed by atoms with Crippen molar-refractivity contribution in [2.75, 3.05) is 33.5 Å². The maximum atomic E-state index is 12.9. The van der Waals surface area contributed by atoms with Crippen molar-refractivity contribution in [3.63, 3.8) is 0 Å². The molecule has 0 saturated carbocycles. The number of carboxylic acid groups (broad SMARTS) is 2. The second kappa shape index (κ2) is 18.5. The van der Waals surface area contributed by atoms with Crippen LogP contribution < -0.4 is 11.1 Å². The number of aromatic carboxylic acids is 2. The molecule has 0 aliphatic carbocycles. The summed E-state index contributed by atoms with van der Waals surface area (Å²) in [6.07, 6.45) is -0.0407. The van der Waals surface area contributed by atoms with Crippen molar-refractivity contribution in [2.45, 2.75) is 26.2 Å². The zero-order valence-electron chi connectivity index (χ0n) is 31.3. The number of nitrogens with two attached hydrogens (primary N) is 1. The van der Waals surface area contributed by atoms with Crippen LogP contribution >= 0.6 is 11.6 Å². The van der Waals surface area contributed by atoms with Crippen LogP contribution in [0.4, 0.5) is 0 Å². The molecule has 0 amide bonds. The van der Waals surface area contributed by atoms with Gasteiger partial charge in [-0.05, 0) is 59.2 Å². The first-order chi connectivity index (χ1) is 27.3. The quantitative estimate of drug-likeness (QED) is 0.0576. The van der Waals surface area contributed by atoms with Crippen LogP contribution in [0.2, 0.25) is 5.02 Å². The van der Waals surface area contributed by atoms with E-state index in [1.54, 1.807) is 86.6 Å². The van der Waals surface area contributed by atoms with Gasteiger partial charge in [0.1, 0.15) is 22.6 Å². The number of aromatic hydroxyl groups is 2.